The largest absolute Gasteiger partial charge is 0.367 e. The SMILES string of the molecule is Cn1nc(N2CCC(=O)NC2=O)c2cc(F)c(N3CCN(CC4CCNCC4)CC3)cc21. The van der Waals surface area contributed by atoms with E-state index >= 15 is 4.39 Å². The van der Waals surface area contributed by atoms with Gasteiger partial charge in [0.15, 0.2) is 5.82 Å². The summed E-state index contributed by atoms with van der Waals surface area (Å²) in [5.41, 5.74) is 1.34. The summed E-state index contributed by atoms with van der Waals surface area (Å²) >= 11 is 0. The zero-order valence-electron chi connectivity index (χ0n) is 18.4. The number of benzene rings is 1. The normalized spacial score (nSPS) is 21.4. The molecule has 1 aromatic heterocycles. The van der Waals surface area contributed by atoms with Gasteiger partial charge in [-0.25, -0.2) is 9.18 Å². The Morgan fingerprint density at radius 1 is 1.09 bits per heavy atom. The first-order valence-electron chi connectivity index (χ1n) is 11.4. The number of imide groups is 1. The summed E-state index contributed by atoms with van der Waals surface area (Å²) in [7, 11) is 1.79. The highest BCUT2D eigenvalue weighted by Crippen LogP contribution is 2.33. The van der Waals surface area contributed by atoms with E-state index in [4.69, 9.17) is 0 Å². The van der Waals surface area contributed by atoms with Crippen LogP contribution in [0.3, 0.4) is 0 Å². The lowest BCUT2D eigenvalue weighted by molar-refractivity contribution is -0.120. The van der Waals surface area contributed by atoms with E-state index in [-0.39, 0.29) is 24.7 Å². The molecule has 0 unspecified atom stereocenters. The van der Waals surface area contributed by atoms with Gasteiger partial charge in [0.05, 0.1) is 11.2 Å². The number of hydrogen-bond acceptors (Lipinski definition) is 6. The van der Waals surface area contributed by atoms with Crippen molar-refractivity contribution in [2.75, 3.05) is 62.2 Å². The maximum Gasteiger partial charge on any atom is 0.329 e. The summed E-state index contributed by atoms with van der Waals surface area (Å²) in [6, 6.07) is 2.78. The summed E-state index contributed by atoms with van der Waals surface area (Å²) in [6.07, 6.45) is 2.67. The summed E-state index contributed by atoms with van der Waals surface area (Å²) < 4.78 is 16.9. The average Bonchev–Trinajstić information content (AvgIpc) is 3.09. The van der Waals surface area contributed by atoms with E-state index in [2.05, 4.69) is 25.5 Å². The van der Waals surface area contributed by atoms with Crippen LogP contribution in [0.2, 0.25) is 0 Å². The molecule has 4 heterocycles. The summed E-state index contributed by atoms with van der Waals surface area (Å²) in [4.78, 5) is 29.7. The van der Waals surface area contributed by atoms with Gasteiger partial charge in [0, 0.05) is 58.1 Å². The first-order valence-corrected chi connectivity index (χ1v) is 11.4. The molecule has 3 aliphatic rings. The van der Waals surface area contributed by atoms with Gasteiger partial charge in [-0.05, 0) is 44.0 Å². The van der Waals surface area contributed by atoms with E-state index < -0.39 is 6.03 Å². The number of hydrogen-bond donors (Lipinski definition) is 2. The topological polar surface area (TPSA) is 85.7 Å². The molecule has 172 valence electrons. The van der Waals surface area contributed by atoms with Crippen LogP contribution in [-0.2, 0) is 11.8 Å². The van der Waals surface area contributed by atoms with Gasteiger partial charge in [-0.2, -0.15) is 5.10 Å². The number of carbonyl (C=O) groups excluding carboxylic acids is 2. The Bertz CT molecular complexity index is 1020. The molecule has 3 amide bonds. The lowest BCUT2D eigenvalue weighted by Crippen LogP contribution is -2.49. The lowest BCUT2D eigenvalue weighted by atomic mass is 9.97. The van der Waals surface area contributed by atoms with Crippen LogP contribution in [0.15, 0.2) is 12.1 Å². The monoisotopic (exact) mass is 443 g/mol. The van der Waals surface area contributed by atoms with Crippen molar-refractivity contribution < 1.29 is 14.0 Å². The van der Waals surface area contributed by atoms with Crippen LogP contribution in [0.5, 0.6) is 0 Å². The van der Waals surface area contributed by atoms with Crippen LogP contribution in [-0.4, -0.2) is 79.0 Å². The summed E-state index contributed by atoms with van der Waals surface area (Å²) in [5.74, 6) is 0.516. The number of aryl methyl sites for hydroxylation is 1. The fraction of sp³-hybridized carbons (Fsp3) is 0.591. The molecule has 5 rings (SSSR count). The van der Waals surface area contributed by atoms with Crippen LogP contribution in [0, 0.1) is 11.7 Å². The maximum absolute atomic E-state index is 15.2. The molecule has 3 saturated heterocycles. The highest BCUT2D eigenvalue weighted by molar-refractivity contribution is 6.09. The molecule has 0 radical (unpaired) electrons. The molecule has 3 aliphatic heterocycles. The average molecular weight is 444 g/mol. The minimum atomic E-state index is -0.518. The molecule has 0 bridgehead atoms. The number of nitrogens with one attached hydrogen (secondary N) is 2. The van der Waals surface area contributed by atoms with Crippen molar-refractivity contribution in [1.29, 1.82) is 0 Å². The van der Waals surface area contributed by atoms with E-state index in [9.17, 15) is 9.59 Å². The standard InChI is InChI=1S/C22H30FN7O2/c1-27-18-13-19(29-10-8-28(9-11-29)14-15-2-5-24-6-3-15)17(23)12-16(18)21(26-27)30-7-4-20(31)25-22(30)32/h12-13,15,24H,2-11,14H2,1H3,(H,25,31,32). The van der Waals surface area contributed by atoms with Gasteiger partial charge in [-0.15, -0.1) is 0 Å². The van der Waals surface area contributed by atoms with Gasteiger partial charge in [-0.1, -0.05) is 0 Å². The third kappa shape index (κ3) is 4.04. The van der Waals surface area contributed by atoms with Gasteiger partial charge >= 0.3 is 6.03 Å². The first kappa shape index (κ1) is 21.1. The summed E-state index contributed by atoms with van der Waals surface area (Å²) in [5, 5.41) is 10.8. The molecule has 1 aromatic carbocycles. The Balaban J connectivity index is 1.32. The Morgan fingerprint density at radius 3 is 2.56 bits per heavy atom. The molecule has 3 fully saturated rings. The van der Waals surface area contributed by atoms with E-state index in [1.807, 2.05) is 6.07 Å². The molecular formula is C22H30FN7O2. The molecule has 2 aromatic rings. The Morgan fingerprint density at radius 2 is 1.84 bits per heavy atom. The number of aromatic nitrogens is 2. The van der Waals surface area contributed by atoms with Crippen molar-refractivity contribution >= 4 is 34.3 Å². The lowest BCUT2D eigenvalue weighted by Gasteiger charge is -2.38. The van der Waals surface area contributed by atoms with Crippen molar-refractivity contribution in [3.8, 4) is 0 Å². The molecule has 9 nitrogen and oxygen atoms in total. The first-order chi connectivity index (χ1) is 15.5. The number of urea groups is 1. The van der Waals surface area contributed by atoms with Crippen molar-refractivity contribution in [2.45, 2.75) is 19.3 Å². The minimum absolute atomic E-state index is 0.200. The second-order valence-electron chi connectivity index (χ2n) is 9.00. The third-order valence-electron chi connectivity index (χ3n) is 6.90. The van der Waals surface area contributed by atoms with Gasteiger partial charge in [0.2, 0.25) is 5.91 Å². The summed E-state index contributed by atoms with van der Waals surface area (Å²) in [6.45, 7) is 7.01. The van der Waals surface area contributed by atoms with E-state index in [1.165, 1.54) is 23.8 Å². The van der Waals surface area contributed by atoms with Crippen molar-refractivity contribution in [2.24, 2.45) is 13.0 Å². The number of carbonyl (C=O) groups is 2. The number of anilines is 2. The molecule has 0 atom stereocenters. The van der Waals surface area contributed by atoms with Crippen LogP contribution < -0.4 is 20.4 Å². The highest BCUT2D eigenvalue weighted by atomic mass is 19.1. The van der Waals surface area contributed by atoms with Crippen molar-refractivity contribution in [3.05, 3.63) is 17.9 Å². The zero-order valence-corrected chi connectivity index (χ0v) is 18.4. The fourth-order valence-corrected chi connectivity index (χ4v) is 5.06. The number of piperazine rings is 1. The predicted octanol–water partition coefficient (Wildman–Crippen LogP) is 1.28. The van der Waals surface area contributed by atoms with Gasteiger partial charge in [0.25, 0.3) is 0 Å². The second-order valence-corrected chi connectivity index (χ2v) is 9.00. The molecular weight excluding hydrogens is 413 g/mol. The smallest absolute Gasteiger partial charge is 0.329 e. The van der Waals surface area contributed by atoms with Crippen LogP contribution in [0.25, 0.3) is 10.9 Å². The van der Waals surface area contributed by atoms with Crippen LogP contribution in [0.4, 0.5) is 20.7 Å². The Hall–Kier alpha value is -2.72. The number of rotatable bonds is 4. The molecule has 0 saturated carbocycles. The molecule has 0 spiro atoms. The quantitative estimate of drug-likeness (QED) is 0.741. The van der Waals surface area contributed by atoms with E-state index in [0.717, 1.165) is 57.2 Å². The molecule has 0 aliphatic carbocycles. The third-order valence-corrected chi connectivity index (χ3v) is 6.90. The number of halogens is 1. The van der Waals surface area contributed by atoms with Crippen molar-refractivity contribution in [1.82, 2.24) is 25.3 Å². The Kier molecular flexibility index (Phi) is 5.73. The van der Waals surface area contributed by atoms with Crippen LogP contribution in [0.1, 0.15) is 19.3 Å². The highest BCUT2D eigenvalue weighted by Gasteiger charge is 2.29. The van der Waals surface area contributed by atoms with Crippen LogP contribution >= 0.6 is 0 Å². The number of amides is 3. The number of nitrogens with zero attached hydrogens (tertiary/aromatic N) is 5. The Labute approximate surface area is 186 Å². The molecule has 10 heteroatoms. The van der Waals surface area contributed by atoms with Crippen molar-refractivity contribution in [3.63, 3.8) is 0 Å². The maximum atomic E-state index is 15.2. The fourth-order valence-electron chi connectivity index (χ4n) is 5.06. The van der Waals surface area contributed by atoms with Gasteiger partial charge in [-0.3, -0.25) is 24.6 Å². The molecule has 2 N–H and O–H groups in total. The number of fused-ring (bicyclic) bond motifs is 1. The van der Waals surface area contributed by atoms with E-state index in [1.54, 1.807) is 11.7 Å². The zero-order chi connectivity index (χ0) is 22.2. The molecule has 32 heavy (non-hydrogen) atoms. The van der Waals surface area contributed by atoms with Gasteiger partial charge in [0.1, 0.15) is 5.82 Å². The predicted molar refractivity (Wildman–Crippen MR) is 120 cm³/mol. The van der Waals surface area contributed by atoms with E-state index in [0.29, 0.717) is 16.9 Å². The number of piperidine rings is 1. The minimum Gasteiger partial charge on any atom is -0.367 e. The second kappa shape index (κ2) is 8.67. The van der Waals surface area contributed by atoms with Gasteiger partial charge < -0.3 is 10.2 Å².